The summed E-state index contributed by atoms with van der Waals surface area (Å²) in [4.78, 5) is 12.6. The van der Waals surface area contributed by atoms with Gasteiger partial charge in [-0.25, -0.2) is 12.8 Å². The number of nitrogens with zero attached hydrogens (tertiary/aromatic N) is 3. The van der Waals surface area contributed by atoms with Crippen LogP contribution in [-0.2, 0) is 10.0 Å². The summed E-state index contributed by atoms with van der Waals surface area (Å²) in [5.74, 6) is -0.781. The highest BCUT2D eigenvalue weighted by Crippen LogP contribution is 2.22. The second-order valence-corrected chi connectivity index (χ2v) is 8.80. The van der Waals surface area contributed by atoms with Gasteiger partial charge in [0.15, 0.2) is 0 Å². The molecular weight excluding hydrogens is 411 g/mol. The van der Waals surface area contributed by atoms with E-state index in [0.29, 0.717) is 18.7 Å². The molecule has 2 aromatic carbocycles. The molecule has 1 N–H and O–H groups in total. The molecule has 0 atom stereocenters. The van der Waals surface area contributed by atoms with E-state index in [2.05, 4.69) is 15.5 Å². The predicted octanol–water partition coefficient (Wildman–Crippen LogP) is 3.30. The fourth-order valence-corrected chi connectivity index (χ4v) is 4.70. The van der Waals surface area contributed by atoms with Crippen LogP contribution in [0.2, 0.25) is 0 Å². The number of aromatic nitrogens is 2. The Morgan fingerprint density at radius 1 is 0.967 bits per heavy atom. The van der Waals surface area contributed by atoms with Gasteiger partial charge in [-0.3, -0.25) is 10.1 Å². The number of carbonyl (C=O) groups excluding carboxylic acids is 1. The summed E-state index contributed by atoms with van der Waals surface area (Å²) < 4.78 is 45.2. The van der Waals surface area contributed by atoms with Gasteiger partial charge < -0.3 is 4.42 Å². The van der Waals surface area contributed by atoms with Gasteiger partial charge in [-0.2, -0.15) is 4.31 Å². The van der Waals surface area contributed by atoms with Crippen molar-refractivity contribution in [2.24, 2.45) is 0 Å². The first kappa shape index (κ1) is 20.2. The van der Waals surface area contributed by atoms with E-state index in [1.165, 1.54) is 52.8 Å². The van der Waals surface area contributed by atoms with Gasteiger partial charge in [0.1, 0.15) is 5.82 Å². The Balaban J connectivity index is 1.45. The Morgan fingerprint density at radius 2 is 1.63 bits per heavy atom. The Kier molecular flexibility index (Phi) is 5.60. The van der Waals surface area contributed by atoms with Gasteiger partial charge in [0.25, 0.3) is 5.91 Å². The van der Waals surface area contributed by atoms with Gasteiger partial charge in [0.05, 0.1) is 4.90 Å². The van der Waals surface area contributed by atoms with Gasteiger partial charge in [-0.05, 0) is 61.4 Å². The van der Waals surface area contributed by atoms with Crippen molar-refractivity contribution in [2.45, 2.75) is 24.2 Å². The van der Waals surface area contributed by atoms with Crippen LogP contribution in [0.1, 0.15) is 29.6 Å². The van der Waals surface area contributed by atoms with Crippen LogP contribution in [0, 0.1) is 5.82 Å². The molecule has 10 heteroatoms. The number of rotatable bonds is 5. The first-order chi connectivity index (χ1) is 14.4. The second-order valence-electron chi connectivity index (χ2n) is 6.86. The lowest BCUT2D eigenvalue weighted by atomic mass is 10.2. The Labute approximate surface area is 172 Å². The van der Waals surface area contributed by atoms with Crippen molar-refractivity contribution < 1.29 is 22.0 Å². The van der Waals surface area contributed by atoms with E-state index in [-0.39, 0.29) is 22.4 Å². The maximum atomic E-state index is 13.0. The number of carbonyl (C=O) groups is 1. The molecule has 3 aromatic rings. The normalized spacial score (nSPS) is 15.1. The number of sulfonamides is 1. The molecule has 0 bridgehead atoms. The predicted molar refractivity (Wildman–Crippen MR) is 107 cm³/mol. The highest BCUT2D eigenvalue weighted by Gasteiger charge is 2.26. The minimum atomic E-state index is -3.56. The third-order valence-corrected chi connectivity index (χ3v) is 6.72. The van der Waals surface area contributed by atoms with Crippen LogP contribution < -0.4 is 5.32 Å². The molecule has 8 nitrogen and oxygen atoms in total. The van der Waals surface area contributed by atoms with E-state index < -0.39 is 21.7 Å². The number of benzene rings is 2. The quantitative estimate of drug-likeness (QED) is 0.666. The smallest absolute Gasteiger partial charge is 0.322 e. The first-order valence-corrected chi connectivity index (χ1v) is 10.9. The third-order valence-electron chi connectivity index (χ3n) is 4.81. The molecule has 0 radical (unpaired) electrons. The monoisotopic (exact) mass is 430 g/mol. The van der Waals surface area contributed by atoms with Crippen LogP contribution in [-0.4, -0.2) is 41.9 Å². The van der Waals surface area contributed by atoms with Crippen LogP contribution >= 0.6 is 0 Å². The standard InChI is InChI=1S/C20H19FN4O4S/c21-16-8-4-15(5-9-16)19-23-24-20(29-19)22-18(26)14-6-10-17(11-7-14)30(27,28)25-12-2-1-3-13-25/h4-11H,1-3,12-13H2,(H,22,24,26). The van der Waals surface area contributed by atoms with Crippen molar-refractivity contribution in [2.75, 3.05) is 18.4 Å². The van der Waals surface area contributed by atoms with E-state index in [0.717, 1.165) is 19.3 Å². The summed E-state index contributed by atoms with van der Waals surface area (Å²) in [6.07, 6.45) is 2.73. The van der Waals surface area contributed by atoms with Crippen molar-refractivity contribution in [1.82, 2.24) is 14.5 Å². The number of anilines is 1. The number of piperidine rings is 1. The Bertz CT molecular complexity index is 1140. The molecule has 1 fully saturated rings. The zero-order chi connectivity index (χ0) is 21.1. The molecule has 156 valence electrons. The molecule has 2 heterocycles. The number of hydrogen-bond acceptors (Lipinski definition) is 6. The van der Waals surface area contributed by atoms with Gasteiger partial charge in [-0.1, -0.05) is 11.5 Å². The summed E-state index contributed by atoms with van der Waals surface area (Å²) in [6, 6.07) is 11.1. The van der Waals surface area contributed by atoms with Crippen LogP contribution in [0.25, 0.3) is 11.5 Å². The lowest BCUT2D eigenvalue weighted by Gasteiger charge is -2.25. The Hall–Kier alpha value is -3.11. The minimum Gasteiger partial charge on any atom is -0.403 e. The molecule has 0 spiro atoms. The molecule has 1 aromatic heterocycles. The van der Waals surface area contributed by atoms with Gasteiger partial charge in [-0.15, -0.1) is 5.10 Å². The van der Waals surface area contributed by atoms with Crippen molar-refractivity contribution in [3.05, 3.63) is 59.9 Å². The zero-order valence-corrected chi connectivity index (χ0v) is 16.7. The summed E-state index contributed by atoms with van der Waals surface area (Å²) >= 11 is 0. The van der Waals surface area contributed by atoms with Gasteiger partial charge >= 0.3 is 6.01 Å². The van der Waals surface area contributed by atoms with Crippen LogP contribution in [0.5, 0.6) is 0 Å². The number of halogens is 1. The molecule has 1 aliphatic rings. The summed E-state index contributed by atoms with van der Waals surface area (Å²) in [5.41, 5.74) is 0.755. The third kappa shape index (κ3) is 4.24. The average molecular weight is 430 g/mol. The lowest BCUT2D eigenvalue weighted by Crippen LogP contribution is -2.35. The van der Waals surface area contributed by atoms with Crippen molar-refractivity contribution in [3.63, 3.8) is 0 Å². The van der Waals surface area contributed by atoms with Crippen LogP contribution in [0.4, 0.5) is 10.4 Å². The van der Waals surface area contributed by atoms with E-state index in [4.69, 9.17) is 4.42 Å². The zero-order valence-electron chi connectivity index (χ0n) is 15.9. The molecule has 1 aliphatic heterocycles. The first-order valence-electron chi connectivity index (χ1n) is 9.44. The highest BCUT2D eigenvalue weighted by atomic mass is 32.2. The van der Waals surface area contributed by atoms with Crippen molar-refractivity contribution in [3.8, 4) is 11.5 Å². The summed E-state index contributed by atoms with van der Waals surface area (Å²) in [6.45, 7) is 1.02. The van der Waals surface area contributed by atoms with Gasteiger partial charge in [0.2, 0.25) is 15.9 Å². The maximum Gasteiger partial charge on any atom is 0.322 e. The molecule has 4 rings (SSSR count). The number of amides is 1. The van der Waals surface area contributed by atoms with E-state index >= 15 is 0 Å². The summed E-state index contributed by atoms with van der Waals surface area (Å²) in [7, 11) is -3.56. The fraction of sp³-hybridized carbons (Fsp3) is 0.250. The second kappa shape index (κ2) is 8.33. The van der Waals surface area contributed by atoms with E-state index in [1.54, 1.807) is 0 Å². The average Bonchev–Trinajstić information content (AvgIpc) is 3.23. The molecule has 0 aliphatic carbocycles. The topological polar surface area (TPSA) is 105 Å². The fourth-order valence-electron chi connectivity index (χ4n) is 3.18. The molecule has 0 saturated carbocycles. The van der Waals surface area contributed by atoms with Crippen LogP contribution in [0.3, 0.4) is 0 Å². The lowest BCUT2D eigenvalue weighted by molar-refractivity contribution is 0.102. The highest BCUT2D eigenvalue weighted by molar-refractivity contribution is 7.89. The van der Waals surface area contributed by atoms with Crippen molar-refractivity contribution in [1.29, 1.82) is 0 Å². The number of nitrogens with one attached hydrogen (secondary N) is 1. The molecule has 1 saturated heterocycles. The molecular formula is C20H19FN4O4S. The Morgan fingerprint density at radius 3 is 2.30 bits per heavy atom. The van der Waals surface area contributed by atoms with Gasteiger partial charge in [0, 0.05) is 24.2 Å². The van der Waals surface area contributed by atoms with E-state index in [9.17, 15) is 17.6 Å². The molecule has 1 amide bonds. The minimum absolute atomic E-state index is 0.121. The van der Waals surface area contributed by atoms with Crippen LogP contribution in [0.15, 0.2) is 57.8 Å². The maximum absolute atomic E-state index is 13.0. The van der Waals surface area contributed by atoms with Crippen molar-refractivity contribution >= 4 is 21.9 Å². The SMILES string of the molecule is O=C(Nc1nnc(-c2ccc(F)cc2)o1)c1ccc(S(=O)(=O)N2CCCCC2)cc1. The molecule has 0 unspecified atom stereocenters. The number of hydrogen-bond donors (Lipinski definition) is 1. The summed E-state index contributed by atoms with van der Waals surface area (Å²) in [5, 5.41) is 10.0. The van der Waals surface area contributed by atoms with E-state index in [1.807, 2.05) is 0 Å². The largest absolute Gasteiger partial charge is 0.403 e. The molecule has 30 heavy (non-hydrogen) atoms.